The van der Waals surface area contributed by atoms with Crippen LogP contribution in [0.15, 0.2) is 0 Å². The van der Waals surface area contributed by atoms with E-state index in [1.165, 1.54) is 14.0 Å². The Labute approximate surface area is 137 Å². The van der Waals surface area contributed by atoms with Gasteiger partial charge in [-0.3, -0.25) is 9.59 Å². The van der Waals surface area contributed by atoms with Crippen molar-refractivity contribution in [2.24, 2.45) is 0 Å². The van der Waals surface area contributed by atoms with Gasteiger partial charge in [0.2, 0.25) is 11.5 Å². The highest BCUT2D eigenvalue weighted by atomic mass is 19.4. The van der Waals surface area contributed by atoms with Gasteiger partial charge in [-0.25, -0.2) is 4.79 Å². The molecule has 0 aromatic heterocycles. The van der Waals surface area contributed by atoms with E-state index in [0.717, 1.165) is 0 Å². The molecule has 0 saturated heterocycles. The zero-order valence-electron chi connectivity index (χ0n) is 13.8. The maximum absolute atomic E-state index is 12.8. The monoisotopic (exact) mass is 354 g/mol. The molecule has 1 amide bonds. The molecule has 24 heavy (non-hydrogen) atoms. The molecule has 0 saturated carbocycles. The Balaban J connectivity index is 5.15. The Bertz CT molecular complexity index is 491. The lowest BCUT2D eigenvalue weighted by Gasteiger charge is -2.30. The average Bonchev–Trinajstić information content (AvgIpc) is 2.47. The molecular formula is C14H21F3N2O5. The topological polar surface area (TPSA) is 106 Å². The van der Waals surface area contributed by atoms with E-state index in [-0.39, 0.29) is 12.8 Å². The number of hydrogen-bond acceptors (Lipinski definition) is 6. The Morgan fingerprint density at radius 1 is 1.25 bits per heavy atom. The van der Waals surface area contributed by atoms with Crippen LogP contribution < -0.4 is 5.32 Å². The van der Waals surface area contributed by atoms with Gasteiger partial charge in [0.1, 0.15) is 12.1 Å². The largest absolute Gasteiger partial charge is 0.448 e. The first kappa shape index (κ1) is 22.0. The lowest BCUT2D eigenvalue weighted by Crippen LogP contribution is -2.51. The summed E-state index contributed by atoms with van der Waals surface area (Å²) < 4.78 is 47.6. The minimum Gasteiger partial charge on any atom is -0.448 e. The van der Waals surface area contributed by atoms with Crippen molar-refractivity contribution in [3.8, 4) is 0 Å². The summed E-state index contributed by atoms with van der Waals surface area (Å²) in [6, 6.07) is -1.47. The Morgan fingerprint density at radius 2 is 1.79 bits per heavy atom. The smallest absolute Gasteiger partial charge is 0.427 e. The molecule has 0 heterocycles. The van der Waals surface area contributed by atoms with Gasteiger partial charge in [-0.2, -0.15) is 13.2 Å². The molecule has 2 atom stereocenters. The maximum atomic E-state index is 12.8. The third kappa shape index (κ3) is 6.65. The molecule has 0 radical (unpaired) electrons. The van der Waals surface area contributed by atoms with Crippen molar-refractivity contribution < 1.29 is 37.0 Å². The summed E-state index contributed by atoms with van der Waals surface area (Å²) in [5.74, 6) is -2.71. The molecule has 10 heteroatoms. The van der Waals surface area contributed by atoms with E-state index in [4.69, 9.17) is 10.1 Å². The third-order valence-corrected chi connectivity index (χ3v) is 3.20. The fourth-order valence-corrected chi connectivity index (χ4v) is 1.38. The quantitative estimate of drug-likeness (QED) is 0.481. The first-order chi connectivity index (χ1) is 10.9. The van der Waals surface area contributed by atoms with Gasteiger partial charge in [0.25, 0.3) is 0 Å². The van der Waals surface area contributed by atoms with Crippen LogP contribution >= 0.6 is 0 Å². The van der Waals surface area contributed by atoms with Gasteiger partial charge in [-0.05, 0) is 27.2 Å². The Kier molecular flexibility index (Phi) is 8.04. The van der Waals surface area contributed by atoms with E-state index in [2.05, 4.69) is 10.1 Å². The van der Waals surface area contributed by atoms with Crippen molar-refractivity contribution in [3.63, 3.8) is 0 Å². The number of rotatable bonds is 9. The summed E-state index contributed by atoms with van der Waals surface area (Å²) in [4.78, 5) is 34.9. The number of alkyl halides is 3. The number of ether oxygens (including phenoxy) is 2. The van der Waals surface area contributed by atoms with Gasteiger partial charge >= 0.3 is 12.1 Å². The molecule has 0 aromatic rings. The van der Waals surface area contributed by atoms with E-state index in [1.807, 2.05) is 0 Å². The molecule has 2 N–H and O–H groups in total. The summed E-state index contributed by atoms with van der Waals surface area (Å²) in [6.07, 6.45) is -5.85. The van der Waals surface area contributed by atoms with Gasteiger partial charge < -0.3 is 20.2 Å². The van der Waals surface area contributed by atoms with E-state index in [1.54, 1.807) is 0 Å². The van der Waals surface area contributed by atoms with Crippen molar-refractivity contribution in [2.75, 3.05) is 7.11 Å². The molecule has 0 aromatic carbocycles. The summed E-state index contributed by atoms with van der Waals surface area (Å²) in [5.41, 5.74) is -2.76. The number of hydrogen-bond donors (Lipinski definition) is 2. The van der Waals surface area contributed by atoms with Crippen molar-refractivity contribution in [3.05, 3.63) is 0 Å². The average molecular weight is 354 g/mol. The molecule has 0 unspecified atom stereocenters. The standard InChI is InChI=1S/C14H21F3N2O5/c1-8(23-4)11(21)19-10(6-5-9(20)7-18)12(22)24-13(2,3)14(15,16)17/h7-8,10,18H,5-6H2,1-4H3,(H,19,21)/t8-,10+/m1/s1. The van der Waals surface area contributed by atoms with Crippen molar-refractivity contribution in [2.45, 2.75) is 57.5 Å². The van der Waals surface area contributed by atoms with Gasteiger partial charge in [0.15, 0.2) is 5.78 Å². The van der Waals surface area contributed by atoms with Gasteiger partial charge in [0, 0.05) is 13.5 Å². The summed E-state index contributed by atoms with van der Waals surface area (Å²) in [6.45, 7) is 2.72. The molecule has 0 spiro atoms. The summed E-state index contributed by atoms with van der Waals surface area (Å²) in [5, 5.41) is 8.97. The van der Waals surface area contributed by atoms with E-state index < -0.39 is 41.6 Å². The van der Waals surface area contributed by atoms with Gasteiger partial charge in [-0.1, -0.05) is 0 Å². The number of carbonyl (C=O) groups excluding carboxylic acids is 3. The number of carbonyl (C=O) groups is 3. The predicted octanol–water partition coefficient (Wildman–Crippen LogP) is 1.39. The Hall–Kier alpha value is -1.97. The second-order valence-electron chi connectivity index (χ2n) is 5.52. The highest BCUT2D eigenvalue weighted by Gasteiger charge is 2.51. The third-order valence-electron chi connectivity index (χ3n) is 3.20. The van der Waals surface area contributed by atoms with Crippen LogP contribution in [0.2, 0.25) is 0 Å². The molecule has 0 rings (SSSR count). The number of methoxy groups -OCH3 is 1. The van der Waals surface area contributed by atoms with Crippen molar-refractivity contribution in [1.29, 1.82) is 5.41 Å². The lowest BCUT2D eigenvalue weighted by atomic mass is 10.1. The van der Waals surface area contributed by atoms with Crippen molar-refractivity contribution in [1.82, 2.24) is 5.32 Å². The van der Waals surface area contributed by atoms with Gasteiger partial charge in [-0.15, -0.1) is 0 Å². The molecule has 0 aliphatic carbocycles. The normalized spacial score (nSPS) is 14.5. The maximum Gasteiger partial charge on any atom is 0.427 e. The van der Waals surface area contributed by atoms with Crippen LogP contribution in [0, 0.1) is 5.41 Å². The van der Waals surface area contributed by atoms with Crippen LogP contribution in [0.1, 0.15) is 33.6 Å². The number of amides is 1. The minimum atomic E-state index is -4.80. The molecule has 0 aliphatic heterocycles. The molecule has 138 valence electrons. The molecule has 7 nitrogen and oxygen atoms in total. The van der Waals surface area contributed by atoms with E-state index in [9.17, 15) is 27.6 Å². The first-order valence-electron chi connectivity index (χ1n) is 7.01. The lowest BCUT2D eigenvalue weighted by molar-refractivity contribution is -0.258. The number of nitrogens with one attached hydrogen (secondary N) is 2. The predicted molar refractivity (Wildman–Crippen MR) is 77.7 cm³/mol. The minimum absolute atomic E-state index is 0.302. The highest BCUT2D eigenvalue weighted by molar-refractivity contribution is 6.26. The summed E-state index contributed by atoms with van der Waals surface area (Å²) >= 11 is 0. The van der Waals surface area contributed by atoms with Crippen LogP contribution in [0.5, 0.6) is 0 Å². The zero-order valence-corrected chi connectivity index (χ0v) is 13.8. The fraction of sp³-hybridized carbons (Fsp3) is 0.714. The highest BCUT2D eigenvalue weighted by Crippen LogP contribution is 2.33. The van der Waals surface area contributed by atoms with Crippen LogP contribution in [-0.4, -0.2) is 54.9 Å². The second-order valence-corrected chi connectivity index (χ2v) is 5.52. The number of ketones is 1. The second kappa shape index (κ2) is 8.76. The molecule has 0 aliphatic rings. The molecule has 0 bridgehead atoms. The zero-order chi connectivity index (χ0) is 19.1. The molecule has 0 fully saturated rings. The van der Waals surface area contributed by atoms with Crippen LogP contribution in [0.4, 0.5) is 13.2 Å². The van der Waals surface area contributed by atoms with E-state index in [0.29, 0.717) is 20.1 Å². The number of Topliss-reactive ketones (excluding diaryl/α,β-unsaturated/α-hetero) is 1. The van der Waals surface area contributed by atoms with Crippen molar-refractivity contribution >= 4 is 23.9 Å². The van der Waals surface area contributed by atoms with Crippen LogP contribution in [-0.2, 0) is 23.9 Å². The van der Waals surface area contributed by atoms with Crippen LogP contribution in [0.3, 0.4) is 0 Å². The molecular weight excluding hydrogens is 333 g/mol. The Morgan fingerprint density at radius 3 is 2.21 bits per heavy atom. The summed E-state index contributed by atoms with van der Waals surface area (Å²) in [7, 11) is 1.24. The number of halogens is 3. The van der Waals surface area contributed by atoms with Crippen LogP contribution in [0.25, 0.3) is 0 Å². The first-order valence-corrected chi connectivity index (χ1v) is 7.01. The number of esters is 1. The SMILES string of the molecule is CO[C@H](C)C(=O)N[C@@H](CCC(=O)C=N)C(=O)OC(C)(C)C(F)(F)F. The van der Waals surface area contributed by atoms with Gasteiger partial charge in [0.05, 0.1) is 6.21 Å². The fourth-order valence-electron chi connectivity index (χ4n) is 1.38. The van der Waals surface area contributed by atoms with E-state index >= 15 is 0 Å².